The molecular formula is C89H75Br6N16Na3O22S6. The van der Waals surface area contributed by atoms with E-state index in [1.54, 1.807) is 54.6 Å². The van der Waals surface area contributed by atoms with E-state index in [9.17, 15) is 93.2 Å². The molecule has 724 valence electrons. The van der Waals surface area contributed by atoms with E-state index in [4.69, 9.17) is 46.5 Å². The van der Waals surface area contributed by atoms with Crippen LogP contribution in [0.15, 0.2) is 280 Å². The van der Waals surface area contributed by atoms with Gasteiger partial charge in [-0.25, -0.2) is 47.0 Å². The van der Waals surface area contributed by atoms with Crippen LogP contribution in [0.4, 0.5) is 17.1 Å². The third-order valence-electron chi connectivity index (χ3n) is 19.3. The van der Waals surface area contributed by atoms with E-state index in [0.29, 0.717) is 60.3 Å². The Balaban J connectivity index is 0.000000287. The Bertz CT molecular complexity index is 7190. The maximum absolute atomic E-state index is 13.4. The number of benzene rings is 12. The van der Waals surface area contributed by atoms with Crippen LogP contribution in [0.1, 0.15) is 38.9 Å². The first-order valence-electron chi connectivity index (χ1n) is 39.9. The number of nitrogens with one attached hydrogen (secondary N) is 12. The van der Waals surface area contributed by atoms with Crippen LogP contribution in [0.5, 0.6) is 28.7 Å². The fourth-order valence-electron chi connectivity index (χ4n) is 12.4. The summed E-state index contributed by atoms with van der Waals surface area (Å²) >= 11 is 34.7. The van der Waals surface area contributed by atoms with Crippen LogP contribution in [-0.4, -0.2) is 172 Å². The first kappa shape index (κ1) is 119. The summed E-state index contributed by atoms with van der Waals surface area (Å²) < 4.78 is 109. The summed E-state index contributed by atoms with van der Waals surface area (Å²) in [7, 11) is -15.0. The number of amides is 6. The van der Waals surface area contributed by atoms with Gasteiger partial charge in [-0.15, -0.1) is 0 Å². The van der Waals surface area contributed by atoms with E-state index in [1.165, 1.54) is 36.7 Å². The molecule has 18 N–H and O–H groups in total. The molecule has 0 aromatic heterocycles. The van der Waals surface area contributed by atoms with Crippen LogP contribution >= 0.6 is 132 Å². The van der Waals surface area contributed by atoms with Gasteiger partial charge in [-0.2, -0.15) is 20.4 Å². The smallest absolute Gasteiger partial charge is 0.744 e. The summed E-state index contributed by atoms with van der Waals surface area (Å²) in [4.78, 5) is 77.1. The second-order valence-electron chi connectivity index (χ2n) is 29.0. The van der Waals surface area contributed by atoms with Crippen LogP contribution in [0.25, 0.3) is 32.3 Å². The standard InChI is InChI=1S/C33H33Br2N7O6S2.C28H23Br2N5O6S2.C28H22Br2N4O10S2.3Na/c34-26-17-22(28(44)27(35)29(26)45)18-37-40-30(46)25(16-19-5-6-20-3-1-2-4-21(20)15-19)31(47)41-42-33(50)39-24-9-7-23(8-10-24)38-32(49)36-11-13-48-14-12-43;29-23-13-17(14-24(30)25(23)36)15-31-33-26(37)22(12-16-5-6-18-3-1-2-4-19(18)11-16)27(38)34-35-28(42)32-20-7-9-21(10-8-20)43(39,40)41;29-22-11-19(25(35)24(30)26(22)36)14-32-34-28(38)21(10-15-5-6-16-3-1-2-4-17(16)9-15)27(37)33-31-13-18-7-8-20(45(39,40)41)12-23(18)46(42,43)44;;;/h1-10,15,17-18,25,43-45H,11-14,16H2,(H,40,46)(H,41,47)(H2,36,38,49)(H2,39,42,50);1-11,13-15,22,36H,12H2,(H,33,37)(H,34,38)(H2,32,35,42)(H,39,40,41);1-9,11-14,21,35-36H,10H2,(H,33,37)(H,34,38)(H,39,40,41)(H,42,43,44);;;/q;;;3*+1/p-3/b37-18+;31-15+;31-13+,32-14+;;;. The molecule has 0 saturated carbocycles. The van der Waals surface area contributed by atoms with Gasteiger partial charge in [-0.1, -0.05) is 133 Å². The molecule has 0 aliphatic carbocycles. The van der Waals surface area contributed by atoms with Crippen molar-refractivity contribution < 1.29 is 192 Å². The van der Waals surface area contributed by atoms with E-state index < -0.39 is 104 Å². The van der Waals surface area contributed by atoms with Gasteiger partial charge in [0.15, 0.2) is 15.3 Å². The van der Waals surface area contributed by atoms with Crippen molar-refractivity contribution in [3.05, 3.63) is 284 Å². The van der Waals surface area contributed by atoms with Crippen molar-refractivity contribution in [3.63, 3.8) is 0 Å². The van der Waals surface area contributed by atoms with Crippen molar-refractivity contribution in [3.8, 4) is 28.7 Å². The quantitative estimate of drug-likeness (QED) is 0.00565. The number of ether oxygens (including phenoxy) is 1. The number of anilines is 3. The van der Waals surface area contributed by atoms with Crippen molar-refractivity contribution in [1.29, 1.82) is 0 Å². The molecule has 142 heavy (non-hydrogen) atoms. The monoisotopic (exact) mass is 2450 g/mol. The summed E-state index contributed by atoms with van der Waals surface area (Å²) in [6, 6.07) is 59.3. The minimum atomic E-state index is -5.27. The topological polar surface area (TPSA) is 598 Å². The minimum absolute atomic E-state index is 0. The zero-order valence-corrected chi connectivity index (χ0v) is 94.4. The van der Waals surface area contributed by atoms with Gasteiger partial charge in [0.05, 0.1) is 77.3 Å². The number of phenolic OH excluding ortho intramolecular Hbond substituents is 5. The van der Waals surface area contributed by atoms with Gasteiger partial charge in [0.1, 0.15) is 85.8 Å². The molecular weight excluding hydrogens is 2390 g/mol. The normalized spacial score (nSPS) is 11.9. The molecule has 12 rings (SSSR count). The zero-order chi connectivity index (χ0) is 101. The molecule has 6 amide bonds. The first-order valence-corrected chi connectivity index (χ1v) is 50.1. The summed E-state index contributed by atoms with van der Waals surface area (Å²) in [5, 5.41) is 92.3. The molecule has 53 heteroatoms. The summed E-state index contributed by atoms with van der Waals surface area (Å²) in [6.07, 6.45) is 4.29. The first-order chi connectivity index (χ1) is 66.0. The van der Waals surface area contributed by atoms with Crippen molar-refractivity contribution in [2.24, 2.45) is 38.2 Å². The number of hydrogen-bond acceptors (Lipinski definition) is 29. The molecule has 3 unspecified atom stereocenters. The van der Waals surface area contributed by atoms with E-state index in [0.717, 1.165) is 85.8 Å². The number of carbonyl (C=O) groups excluding carboxylic acids is 6. The van der Waals surface area contributed by atoms with E-state index in [-0.39, 0.29) is 185 Å². The van der Waals surface area contributed by atoms with E-state index in [1.807, 2.05) is 109 Å². The fourth-order valence-corrected chi connectivity index (χ4v) is 18.2. The molecule has 0 aliphatic rings. The number of aliphatic hydroxyl groups excluding tert-OH is 1. The predicted molar refractivity (Wildman–Crippen MR) is 551 cm³/mol. The van der Waals surface area contributed by atoms with Crippen molar-refractivity contribution >= 4 is 288 Å². The Hall–Kier alpha value is -9.48. The number of halogens is 6. The van der Waals surface area contributed by atoms with Crippen LogP contribution in [-0.2, 0) is 83.1 Å². The molecule has 0 fully saturated rings. The Labute approximate surface area is 944 Å². The molecule has 0 radical (unpaired) electrons. The molecule has 3 atom stereocenters. The van der Waals surface area contributed by atoms with Crippen molar-refractivity contribution in [2.75, 3.05) is 42.3 Å². The molecule has 12 aromatic rings. The Kier molecular flexibility index (Phi) is 47.8. The summed E-state index contributed by atoms with van der Waals surface area (Å²) in [5.41, 5.74) is 23.3. The third-order valence-corrected chi connectivity index (χ3v) is 26.5. The van der Waals surface area contributed by atoms with Crippen LogP contribution in [0.2, 0.25) is 0 Å². The number of hydrogen-bond donors (Lipinski definition) is 18. The van der Waals surface area contributed by atoms with Crippen molar-refractivity contribution in [1.82, 2.24) is 48.7 Å². The van der Waals surface area contributed by atoms with E-state index in [2.05, 4.69) is 181 Å². The van der Waals surface area contributed by atoms with Crippen LogP contribution < -0.4 is 153 Å². The number of thiocarbonyl (C=S) groups is 3. The van der Waals surface area contributed by atoms with E-state index >= 15 is 0 Å². The number of hydrazone groups is 4. The summed E-state index contributed by atoms with van der Waals surface area (Å²) in [5.74, 6) is -9.70. The molecule has 38 nitrogen and oxygen atoms in total. The fraction of sp³-hybridized carbons (Fsp3) is 0.112. The number of carbonyl (C=O) groups is 6. The zero-order valence-electron chi connectivity index (χ0n) is 74.0. The summed E-state index contributed by atoms with van der Waals surface area (Å²) in [6.45, 7) is 1.11. The van der Waals surface area contributed by atoms with Gasteiger partial charge < -0.3 is 70.3 Å². The maximum Gasteiger partial charge on any atom is 1.00 e. The van der Waals surface area contributed by atoms with Gasteiger partial charge in [-0.05, 0) is 291 Å². The molecule has 0 spiro atoms. The number of rotatable bonds is 31. The number of aromatic hydroxyl groups is 5. The second-order valence-corrected chi connectivity index (χ2v) is 39.4. The Morgan fingerprint density at radius 3 is 1.06 bits per heavy atom. The maximum atomic E-state index is 13.4. The average Bonchev–Trinajstić information content (AvgIpc) is 0.796. The minimum Gasteiger partial charge on any atom is -0.744 e. The number of hydrazine groups is 2. The Morgan fingerprint density at radius 1 is 0.359 bits per heavy atom. The van der Waals surface area contributed by atoms with Gasteiger partial charge in [-0.3, -0.25) is 50.5 Å². The van der Waals surface area contributed by atoms with Gasteiger partial charge in [0, 0.05) is 40.3 Å². The van der Waals surface area contributed by atoms with Gasteiger partial charge in [0.2, 0.25) is 0 Å². The molecule has 0 bridgehead atoms. The largest absolute Gasteiger partial charge is 1.00 e. The second kappa shape index (κ2) is 56.9. The molecule has 0 aliphatic heterocycles. The number of nitrogens with zero attached hydrogens (tertiary/aromatic N) is 4. The predicted octanol–water partition coefficient (Wildman–Crippen LogP) is 2.75. The molecule has 0 heterocycles. The molecule has 0 saturated heterocycles. The number of phenols is 5. The Morgan fingerprint density at radius 2 is 0.690 bits per heavy atom. The van der Waals surface area contributed by atoms with Crippen LogP contribution in [0.3, 0.4) is 0 Å². The third kappa shape index (κ3) is 36.0. The average molecular weight is 2460 g/mol. The number of fused-ring (bicyclic) bond motifs is 3. The van der Waals surface area contributed by atoms with Crippen LogP contribution in [0, 0.1) is 17.8 Å². The van der Waals surface area contributed by atoms with Crippen molar-refractivity contribution in [2.45, 2.75) is 33.9 Å². The van der Waals surface area contributed by atoms with Gasteiger partial charge in [0.25, 0.3) is 35.4 Å². The van der Waals surface area contributed by atoms with Gasteiger partial charge >= 0.3 is 88.7 Å². The molecule has 12 aromatic carbocycles. The number of aliphatic hydroxyl groups is 1. The SMILES string of the molecule is O=C(N/N=C/c1cc(Br)c(O)c(Br)c1)C(Cc1ccc2ccccc2c1)C(=O)NNC(=S)Nc1ccc(S(=O)(=O)[O-])cc1.O=C(N/N=C/c1cc(Br)c(O)c(Br)c1O)C(Cc1ccc2ccccc2c1)C(=O)NNC(=S)Nc1ccc(NC(=S)NCCOCCO)cc1.O=C(N/N=C/c1ccc(S(=O)(=O)[O-])cc1S(=O)(=O)[O-])C(Cc1ccc2ccccc2c1)C(=O)N/N=C/c1cc(Br)c(O)c(Br)c1O.[Na+].[Na+].[Na+].